The van der Waals surface area contributed by atoms with Crippen molar-refractivity contribution in [3.8, 4) is 0 Å². The second-order valence-corrected chi connectivity index (χ2v) is 8.68. The molecule has 6 heteroatoms. The van der Waals surface area contributed by atoms with Crippen molar-refractivity contribution in [1.82, 2.24) is 4.90 Å². The van der Waals surface area contributed by atoms with E-state index in [1.165, 1.54) is 4.90 Å². The maximum Gasteiger partial charge on any atom is 0.308 e. The predicted octanol–water partition coefficient (Wildman–Crippen LogP) is 2.16. The molecule has 4 aliphatic carbocycles. The summed E-state index contributed by atoms with van der Waals surface area (Å²) < 4.78 is 5.07. The fraction of sp³-hybridized carbons (Fsp3) is 0.478. The zero-order valence-electron chi connectivity index (χ0n) is 16.2. The number of amides is 2. The van der Waals surface area contributed by atoms with Crippen molar-refractivity contribution in [3.63, 3.8) is 0 Å². The van der Waals surface area contributed by atoms with Crippen LogP contribution >= 0.6 is 0 Å². The van der Waals surface area contributed by atoms with E-state index < -0.39 is 5.97 Å². The molecule has 29 heavy (non-hydrogen) atoms. The molecule has 1 aliphatic heterocycles. The third kappa shape index (κ3) is 2.93. The van der Waals surface area contributed by atoms with E-state index in [2.05, 4.69) is 12.2 Å². The third-order valence-corrected chi connectivity index (χ3v) is 7.03. The summed E-state index contributed by atoms with van der Waals surface area (Å²) in [6.45, 7) is 1.61. The minimum Gasteiger partial charge on any atom is -0.457 e. The van der Waals surface area contributed by atoms with Gasteiger partial charge in [-0.15, -0.1) is 0 Å². The zero-order valence-corrected chi connectivity index (χ0v) is 16.2. The minimum absolute atomic E-state index is 0.0248. The van der Waals surface area contributed by atoms with Gasteiger partial charge in [0.05, 0.1) is 18.3 Å². The van der Waals surface area contributed by atoms with E-state index in [4.69, 9.17) is 4.74 Å². The summed E-state index contributed by atoms with van der Waals surface area (Å²) in [4.78, 5) is 51.2. The van der Waals surface area contributed by atoms with Gasteiger partial charge >= 0.3 is 5.97 Å². The number of Topliss-reactive ketones (excluding diaryl/α,β-unsaturated/α-hetero) is 1. The van der Waals surface area contributed by atoms with Crippen LogP contribution in [0.4, 0.5) is 0 Å². The van der Waals surface area contributed by atoms with E-state index in [0.29, 0.717) is 17.4 Å². The summed E-state index contributed by atoms with van der Waals surface area (Å²) in [6, 6.07) is 7.04. The highest BCUT2D eigenvalue weighted by molar-refractivity contribution is 6.06. The molecule has 2 amide bonds. The van der Waals surface area contributed by atoms with Gasteiger partial charge in [-0.1, -0.05) is 42.0 Å². The fourth-order valence-corrected chi connectivity index (χ4v) is 5.48. The lowest BCUT2D eigenvalue weighted by molar-refractivity contribution is -0.145. The molecule has 1 heterocycles. The van der Waals surface area contributed by atoms with E-state index in [0.717, 1.165) is 12.0 Å². The zero-order chi connectivity index (χ0) is 20.3. The largest absolute Gasteiger partial charge is 0.457 e. The second kappa shape index (κ2) is 6.65. The molecule has 3 fully saturated rings. The first-order valence-electron chi connectivity index (χ1n) is 10.2. The third-order valence-electron chi connectivity index (χ3n) is 7.03. The topological polar surface area (TPSA) is 80.8 Å². The molecule has 5 aliphatic rings. The molecule has 0 radical (unpaired) electrons. The number of nitrogens with zero attached hydrogens (tertiary/aromatic N) is 1. The quantitative estimate of drug-likeness (QED) is 0.320. The van der Waals surface area contributed by atoms with Crippen LogP contribution in [0, 0.1) is 42.4 Å². The normalized spacial score (nSPS) is 33.5. The Morgan fingerprint density at radius 1 is 1.00 bits per heavy atom. The molecular formula is C23H23NO5. The fourth-order valence-electron chi connectivity index (χ4n) is 5.48. The van der Waals surface area contributed by atoms with Gasteiger partial charge in [0, 0.05) is 12.1 Å². The number of aryl methyl sites for hydroxylation is 1. The van der Waals surface area contributed by atoms with Crippen LogP contribution in [0.2, 0.25) is 0 Å². The van der Waals surface area contributed by atoms with Crippen molar-refractivity contribution in [2.75, 3.05) is 13.2 Å². The van der Waals surface area contributed by atoms with E-state index in [1.807, 2.05) is 19.1 Å². The Balaban J connectivity index is 1.15. The molecule has 0 N–H and O–H groups in total. The van der Waals surface area contributed by atoms with Gasteiger partial charge in [0.2, 0.25) is 11.8 Å². The number of ketones is 1. The summed E-state index contributed by atoms with van der Waals surface area (Å²) in [7, 11) is 0. The highest BCUT2D eigenvalue weighted by atomic mass is 16.5. The molecule has 6 nitrogen and oxygen atoms in total. The maximum absolute atomic E-state index is 12.9. The molecule has 1 aromatic rings. The summed E-state index contributed by atoms with van der Waals surface area (Å²) in [5.41, 5.74) is 1.53. The lowest BCUT2D eigenvalue weighted by Crippen LogP contribution is -2.40. The van der Waals surface area contributed by atoms with Crippen LogP contribution in [0.1, 0.15) is 28.8 Å². The van der Waals surface area contributed by atoms with E-state index in [1.54, 1.807) is 12.1 Å². The highest BCUT2D eigenvalue weighted by Gasteiger charge is 2.66. The SMILES string of the molecule is Cc1ccc(C(=O)COC(=O)CCN2C(=O)[C@@H]3[C@H]4C=C[C@H]([C@H]5C[C@H]45)[C@@H]3C2=O)cc1. The second-order valence-electron chi connectivity index (χ2n) is 8.68. The van der Waals surface area contributed by atoms with Gasteiger partial charge in [-0.05, 0) is 37.0 Å². The first-order valence-corrected chi connectivity index (χ1v) is 10.2. The van der Waals surface area contributed by atoms with Crippen LogP contribution in [0.5, 0.6) is 0 Å². The highest BCUT2D eigenvalue weighted by Crippen LogP contribution is 2.65. The number of likely N-dealkylation sites (tertiary alicyclic amines) is 1. The Bertz CT molecular complexity index is 897. The monoisotopic (exact) mass is 393 g/mol. The Kier molecular flexibility index (Phi) is 4.19. The molecule has 0 aromatic heterocycles. The smallest absolute Gasteiger partial charge is 0.308 e. The van der Waals surface area contributed by atoms with Crippen LogP contribution in [-0.2, 0) is 19.1 Å². The number of carbonyl (C=O) groups is 4. The Labute approximate surface area is 168 Å². The predicted molar refractivity (Wildman–Crippen MR) is 103 cm³/mol. The van der Waals surface area contributed by atoms with Crippen molar-refractivity contribution in [2.45, 2.75) is 19.8 Å². The van der Waals surface area contributed by atoms with Gasteiger partial charge < -0.3 is 4.74 Å². The summed E-state index contributed by atoms with van der Waals surface area (Å²) in [5.74, 6) is -0.181. The molecule has 0 spiro atoms. The van der Waals surface area contributed by atoms with Crippen molar-refractivity contribution < 1.29 is 23.9 Å². The molecule has 6 atom stereocenters. The molecule has 1 saturated heterocycles. The molecule has 2 bridgehead atoms. The van der Waals surface area contributed by atoms with Crippen molar-refractivity contribution in [2.24, 2.45) is 35.5 Å². The lowest BCUT2D eigenvalue weighted by Gasteiger charge is -2.37. The van der Waals surface area contributed by atoms with Crippen LogP contribution in [0.3, 0.4) is 0 Å². The van der Waals surface area contributed by atoms with Gasteiger partial charge in [-0.2, -0.15) is 0 Å². The molecular weight excluding hydrogens is 370 g/mol. The summed E-state index contributed by atoms with van der Waals surface area (Å²) >= 11 is 0. The van der Waals surface area contributed by atoms with Gasteiger partial charge in [0.25, 0.3) is 0 Å². The van der Waals surface area contributed by atoms with Crippen molar-refractivity contribution in [3.05, 3.63) is 47.5 Å². The van der Waals surface area contributed by atoms with Gasteiger partial charge in [0.1, 0.15) is 0 Å². The molecule has 6 rings (SSSR count). The van der Waals surface area contributed by atoms with E-state index in [9.17, 15) is 19.2 Å². The van der Waals surface area contributed by atoms with Crippen LogP contribution in [-0.4, -0.2) is 41.6 Å². The van der Waals surface area contributed by atoms with E-state index in [-0.39, 0.29) is 60.8 Å². The minimum atomic E-state index is -0.579. The molecule has 0 unspecified atom stereocenters. The van der Waals surface area contributed by atoms with Gasteiger partial charge in [-0.3, -0.25) is 24.1 Å². The number of rotatable bonds is 6. The Morgan fingerprint density at radius 3 is 2.17 bits per heavy atom. The average molecular weight is 393 g/mol. The van der Waals surface area contributed by atoms with Crippen molar-refractivity contribution in [1.29, 1.82) is 0 Å². The van der Waals surface area contributed by atoms with Crippen LogP contribution in [0.25, 0.3) is 0 Å². The van der Waals surface area contributed by atoms with Crippen molar-refractivity contribution >= 4 is 23.6 Å². The number of imide groups is 1. The maximum atomic E-state index is 12.9. The van der Waals surface area contributed by atoms with Gasteiger partial charge in [0.15, 0.2) is 12.4 Å². The number of carbonyl (C=O) groups excluding carboxylic acids is 4. The van der Waals surface area contributed by atoms with Gasteiger partial charge in [-0.25, -0.2) is 0 Å². The number of esters is 1. The summed E-state index contributed by atoms with van der Waals surface area (Å²) in [6.07, 6.45) is 5.28. The standard InChI is InChI=1S/C23H23NO5/c1-12-2-4-13(5-3-12)18(25)11-29-19(26)8-9-24-22(27)20-14-6-7-15(17-10-16(14)17)21(20)23(24)28/h2-7,14-17,20-21H,8-11H2,1H3/t14-,15+,16-,17-,20+,21-/m1/s1. The first kappa shape index (κ1) is 18.3. The number of hydrogen-bond acceptors (Lipinski definition) is 5. The molecule has 1 aromatic carbocycles. The average Bonchev–Trinajstić information content (AvgIpc) is 3.50. The number of ether oxygens (including phenoxy) is 1. The number of benzene rings is 1. The molecule has 2 saturated carbocycles. The van der Waals surface area contributed by atoms with E-state index >= 15 is 0 Å². The number of allylic oxidation sites excluding steroid dienone is 2. The Hall–Kier alpha value is -2.76. The Morgan fingerprint density at radius 2 is 1.59 bits per heavy atom. The first-order chi connectivity index (χ1) is 14.0. The number of hydrogen-bond donors (Lipinski definition) is 0. The lowest BCUT2D eigenvalue weighted by atomic mass is 9.63. The summed E-state index contributed by atoms with van der Waals surface area (Å²) in [5, 5.41) is 0. The molecule has 150 valence electrons. The van der Waals surface area contributed by atoms with Crippen LogP contribution < -0.4 is 0 Å². The van der Waals surface area contributed by atoms with Crippen LogP contribution in [0.15, 0.2) is 36.4 Å².